The molecule has 6 nitrogen and oxygen atoms in total. The Bertz CT molecular complexity index is 753. The molecular weight excluding hydrogens is 327 g/mol. The number of benzene rings is 2. The van der Waals surface area contributed by atoms with Crippen LogP contribution in [0.3, 0.4) is 0 Å². The zero-order valence-corrected chi connectivity index (χ0v) is 12.6. The molecule has 0 aliphatic rings. The summed E-state index contributed by atoms with van der Waals surface area (Å²) in [7, 11) is 0. The topological polar surface area (TPSA) is 98.1 Å². The van der Waals surface area contributed by atoms with E-state index >= 15 is 0 Å². The summed E-state index contributed by atoms with van der Waals surface area (Å²) in [6, 6.07) is 9.72. The molecule has 0 bridgehead atoms. The summed E-state index contributed by atoms with van der Waals surface area (Å²) in [4.78, 5) is 13.7. The lowest BCUT2D eigenvalue weighted by molar-refractivity contribution is -0.136. The van der Waals surface area contributed by atoms with Crippen molar-refractivity contribution in [2.75, 3.05) is 5.32 Å². The van der Waals surface area contributed by atoms with Crippen LogP contribution in [0.15, 0.2) is 41.5 Å². The SMILES string of the molecule is [N-]=[N+]=Nc1ccc(Nc2c(Cl)cccc2Cl)c(CC(=O)O)c1. The molecule has 0 spiro atoms. The predicted molar refractivity (Wildman–Crippen MR) is 86.3 cm³/mol. The first-order valence-corrected chi connectivity index (χ1v) is 6.87. The van der Waals surface area contributed by atoms with E-state index in [0.717, 1.165) is 0 Å². The third-order valence-electron chi connectivity index (χ3n) is 2.81. The highest BCUT2D eigenvalue weighted by atomic mass is 35.5. The summed E-state index contributed by atoms with van der Waals surface area (Å²) in [6.45, 7) is 0. The van der Waals surface area contributed by atoms with Crippen LogP contribution in [0.4, 0.5) is 17.1 Å². The zero-order valence-electron chi connectivity index (χ0n) is 11.1. The van der Waals surface area contributed by atoms with Gasteiger partial charge in [-0.1, -0.05) is 40.4 Å². The lowest BCUT2D eigenvalue weighted by Crippen LogP contribution is -2.04. The van der Waals surface area contributed by atoms with Gasteiger partial charge in [-0.2, -0.15) is 0 Å². The van der Waals surface area contributed by atoms with Crippen molar-refractivity contribution in [3.8, 4) is 0 Å². The molecule has 2 N–H and O–H groups in total. The fourth-order valence-electron chi connectivity index (χ4n) is 1.88. The van der Waals surface area contributed by atoms with Crippen LogP contribution in [0.1, 0.15) is 5.56 Å². The maximum atomic E-state index is 11.0. The minimum absolute atomic E-state index is 0.237. The fraction of sp³-hybridized carbons (Fsp3) is 0.0714. The largest absolute Gasteiger partial charge is 0.481 e. The molecule has 0 saturated heterocycles. The van der Waals surface area contributed by atoms with Crippen molar-refractivity contribution in [3.63, 3.8) is 0 Å². The molecule has 0 aliphatic heterocycles. The van der Waals surface area contributed by atoms with E-state index in [4.69, 9.17) is 33.8 Å². The maximum Gasteiger partial charge on any atom is 0.307 e. The second-order valence-electron chi connectivity index (χ2n) is 4.32. The molecule has 2 aromatic carbocycles. The molecule has 2 rings (SSSR count). The van der Waals surface area contributed by atoms with Gasteiger partial charge in [-0.25, -0.2) is 0 Å². The van der Waals surface area contributed by atoms with Crippen molar-refractivity contribution in [3.05, 3.63) is 62.4 Å². The van der Waals surface area contributed by atoms with E-state index in [1.807, 2.05) is 0 Å². The van der Waals surface area contributed by atoms with Gasteiger partial charge in [-0.3, -0.25) is 4.79 Å². The van der Waals surface area contributed by atoms with Crippen LogP contribution < -0.4 is 5.32 Å². The second kappa shape index (κ2) is 7.04. The van der Waals surface area contributed by atoms with Crippen LogP contribution in [0.25, 0.3) is 10.4 Å². The van der Waals surface area contributed by atoms with Gasteiger partial charge < -0.3 is 10.4 Å². The first-order chi connectivity index (χ1) is 10.5. The molecule has 0 radical (unpaired) electrons. The zero-order chi connectivity index (χ0) is 16.1. The molecular formula is C14H10Cl2N4O2. The number of azide groups is 1. The molecule has 0 aromatic heterocycles. The van der Waals surface area contributed by atoms with E-state index < -0.39 is 5.97 Å². The molecule has 0 atom stereocenters. The number of carboxylic acids is 1. The number of carboxylic acid groups (broad SMARTS) is 1. The lowest BCUT2D eigenvalue weighted by Gasteiger charge is -2.14. The summed E-state index contributed by atoms with van der Waals surface area (Å²) >= 11 is 12.2. The van der Waals surface area contributed by atoms with E-state index in [1.54, 1.807) is 30.3 Å². The molecule has 0 aliphatic carbocycles. The Labute approximate surface area is 135 Å². The summed E-state index contributed by atoms with van der Waals surface area (Å²) in [5, 5.41) is 16.3. The summed E-state index contributed by atoms with van der Waals surface area (Å²) < 4.78 is 0. The van der Waals surface area contributed by atoms with Gasteiger partial charge in [-0.15, -0.1) is 0 Å². The minimum atomic E-state index is -1.01. The molecule has 2 aromatic rings. The van der Waals surface area contributed by atoms with Crippen molar-refractivity contribution in [2.45, 2.75) is 6.42 Å². The Morgan fingerprint density at radius 2 is 1.95 bits per heavy atom. The average Bonchev–Trinajstić information content (AvgIpc) is 2.45. The third-order valence-corrected chi connectivity index (χ3v) is 3.44. The van der Waals surface area contributed by atoms with Crippen LogP contribution in [-0.2, 0) is 11.2 Å². The monoisotopic (exact) mass is 336 g/mol. The van der Waals surface area contributed by atoms with Gasteiger partial charge in [0.05, 0.1) is 22.2 Å². The van der Waals surface area contributed by atoms with Gasteiger partial charge in [0.1, 0.15) is 0 Å². The Hall–Kier alpha value is -2.40. The van der Waals surface area contributed by atoms with Crippen molar-refractivity contribution < 1.29 is 9.90 Å². The van der Waals surface area contributed by atoms with Crippen LogP contribution in [0.5, 0.6) is 0 Å². The van der Waals surface area contributed by atoms with Crippen molar-refractivity contribution in [2.24, 2.45) is 5.11 Å². The average molecular weight is 337 g/mol. The number of carbonyl (C=O) groups is 1. The quantitative estimate of drug-likeness (QED) is 0.439. The summed E-state index contributed by atoms with van der Waals surface area (Å²) in [5.41, 5.74) is 10.2. The Morgan fingerprint density at radius 1 is 1.27 bits per heavy atom. The summed E-state index contributed by atoms with van der Waals surface area (Å²) in [6.07, 6.45) is -0.237. The Balaban J connectivity index is 2.45. The fourth-order valence-corrected chi connectivity index (χ4v) is 2.37. The van der Waals surface area contributed by atoms with Crippen LogP contribution >= 0.6 is 23.2 Å². The van der Waals surface area contributed by atoms with Crippen molar-refractivity contribution >= 4 is 46.2 Å². The van der Waals surface area contributed by atoms with Crippen LogP contribution in [0.2, 0.25) is 10.0 Å². The molecule has 0 amide bonds. The van der Waals surface area contributed by atoms with E-state index in [0.29, 0.717) is 32.7 Å². The first-order valence-electron chi connectivity index (χ1n) is 6.12. The van der Waals surface area contributed by atoms with Crippen LogP contribution in [-0.4, -0.2) is 11.1 Å². The first kappa shape index (κ1) is 16.0. The highest BCUT2D eigenvalue weighted by Gasteiger charge is 2.11. The number of hydrogen-bond donors (Lipinski definition) is 2. The molecule has 0 fully saturated rings. The molecule has 22 heavy (non-hydrogen) atoms. The number of halogens is 2. The van der Waals surface area contributed by atoms with Crippen molar-refractivity contribution in [1.82, 2.24) is 0 Å². The third kappa shape index (κ3) is 3.83. The number of para-hydroxylation sites is 1. The molecule has 0 heterocycles. The lowest BCUT2D eigenvalue weighted by atomic mass is 10.1. The number of nitrogens with one attached hydrogen (secondary N) is 1. The number of hydrogen-bond acceptors (Lipinski definition) is 3. The predicted octanol–water partition coefficient (Wildman–Crippen LogP) is 5.31. The number of aliphatic carboxylic acids is 1. The van der Waals surface area contributed by atoms with Gasteiger partial charge in [0.25, 0.3) is 0 Å². The van der Waals surface area contributed by atoms with Gasteiger partial charge >= 0.3 is 5.97 Å². The maximum absolute atomic E-state index is 11.0. The highest BCUT2D eigenvalue weighted by Crippen LogP contribution is 2.34. The normalized spacial score (nSPS) is 9.91. The Morgan fingerprint density at radius 3 is 2.55 bits per heavy atom. The molecule has 0 saturated carbocycles. The van der Waals surface area contributed by atoms with Crippen LogP contribution in [0, 0.1) is 0 Å². The smallest absolute Gasteiger partial charge is 0.307 e. The second-order valence-corrected chi connectivity index (χ2v) is 5.14. The molecule has 0 unspecified atom stereocenters. The van der Waals surface area contributed by atoms with E-state index in [2.05, 4.69) is 15.3 Å². The molecule has 112 valence electrons. The summed E-state index contributed by atoms with van der Waals surface area (Å²) in [5.74, 6) is -1.01. The number of anilines is 2. The van der Waals surface area contributed by atoms with Gasteiger partial charge in [-0.05, 0) is 35.4 Å². The van der Waals surface area contributed by atoms with Crippen molar-refractivity contribution in [1.29, 1.82) is 0 Å². The van der Waals surface area contributed by atoms with Gasteiger partial charge in [0.2, 0.25) is 0 Å². The highest BCUT2D eigenvalue weighted by molar-refractivity contribution is 6.39. The van der Waals surface area contributed by atoms with E-state index in [1.165, 1.54) is 6.07 Å². The van der Waals surface area contributed by atoms with E-state index in [-0.39, 0.29) is 6.42 Å². The number of nitrogens with zero attached hydrogens (tertiary/aromatic N) is 3. The van der Waals surface area contributed by atoms with Gasteiger partial charge in [0, 0.05) is 16.3 Å². The standard InChI is InChI=1S/C14H10Cl2N4O2/c15-10-2-1-3-11(16)14(10)18-12-5-4-9(19-20-17)6-8(12)7-13(21)22/h1-6,18H,7H2,(H,21,22). The number of rotatable bonds is 5. The van der Waals surface area contributed by atoms with Gasteiger partial charge in [0.15, 0.2) is 0 Å². The minimum Gasteiger partial charge on any atom is -0.481 e. The van der Waals surface area contributed by atoms with E-state index in [9.17, 15) is 4.79 Å². The molecule has 8 heteroatoms. The Kier molecular flexibility index (Phi) is 5.12.